The highest BCUT2D eigenvalue weighted by Gasteiger charge is 2.40. The maximum Gasteiger partial charge on any atom is 0.306 e. The van der Waals surface area contributed by atoms with Crippen molar-refractivity contribution in [1.82, 2.24) is 0 Å². The molecule has 4 atom stereocenters. The second kappa shape index (κ2) is 7.65. The molecule has 0 aliphatic heterocycles. The number of methoxy groups -OCH3 is 1. The first kappa shape index (κ1) is 18.1. The van der Waals surface area contributed by atoms with Gasteiger partial charge in [0.1, 0.15) is 5.75 Å². The Balaban J connectivity index is 1.52. The van der Waals surface area contributed by atoms with Crippen LogP contribution in [0.1, 0.15) is 39.0 Å². The van der Waals surface area contributed by atoms with Crippen LogP contribution in [0.5, 0.6) is 5.75 Å². The number of anilines is 1. The highest BCUT2D eigenvalue weighted by atomic mass is 35.5. The van der Waals surface area contributed by atoms with Crippen LogP contribution in [-0.2, 0) is 14.3 Å². The largest absolute Gasteiger partial charge is 0.495 e. The predicted molar refractivity (Wildman–Crippen MR) is 95.7 cm³/mol. The van der Waals surface area contributed by atoms with Crippen LogP contribution in [0.15, 0.2) is 18.2 Å². The lowest BCUT2D eigenvalue weighted by Crippen LogP contribution is -2.31. The fraction of sp³-hybridized carbons (Fsp3) is 0.579. The molecule has 0 spiro atoms. The first-order valence-corrected chi connectivity index (χ1v) is 9.18. The van der Waals surface area contributed by atoms with Gasteiger partial charge in [-0.1, -0.05) is 18.0 Å². The maximum atomic E-state index is 12.3. The van der Waals surface area contributed by atoms with E-state index in [1.165, 1.54) is 26.4 Å². The number of carbonyl (C=O) groups is 2. The van der Waals surface area contributed by atoms with Crippen LogP contribution >= 0.6 is 11.6 Å². The van der Waals surface area contributed by atoms with Crippen molar-refractivity contribution >= 4 is 29.2 Å². The van der Waals surface area contributed by atoms with E-state index in [9.17, 15) is 9.59 Å². The molecule has 1 aromatic rings. The van der Waals surface area contributed by atoms with Crippen molar-refractivity contribution in [1.29, 1.82) is 0 Å². The molecule has 1 aromatic carbocycles. The van der Waals surface area contributed by atoms with Gasteiger partial charge in [-0.3, -0.25) is 9.59 Å². The Kier molecular flexibility index (Phi) is 5.52. The summed E-state index contributed by atoms with van der Waals surface area (Å²) < 4.78 is 10.5. The predicted octanol–water partition coefficient (Wildman–Crippen LogP) is 4.05. The molecule has 6 heteroatoms. The van der Waals surface area contributed by atoms with Crippen LogP contribution < -0.4 is 10.1 Å². The highest BCUT2D eigenvalue weighted by molar-refractivity contribution is 6.31. The molecule has 1 N–H and O–H groups in total. The van der Waals surface area contributed by atoms with Gasteiger partial charge in [0, 0.05) is 11.4 Å². The SMILES string of the molecule is COc1ccc(Cl)cc1NC(=O)[C@H](C)OC(=O)C[C@H]1C[C@H]2CC[C@H]1C2. The zero-order valence-corrected chi connectivity index (χ0v) is 15.3. The number of ether oxygens (including phenoxy) is 2. The van der Waals surface area contributed by atoms with E-state index < -0.39 is 12.0 Å². The van der Waals surface area contributed by atoms with E-state index in [1.807, 2.05) is 0 Å². The number of esters is 1. The van der Waals surface area contributed by atoms with Gasteiger partial charge in [0.15, 0.2) is 6.10 Å². The number of fused-ring (bicyclic) bond motifs is 2. The smallest absolute Gasteiger partial charge is 0.306 e. The van der Waals surface area contributed by atoms with E-state index >= 15 is 0 Å². The molecular weight excluding hydrogens is 342 g/mol. The topological polar surface area (TPSA) is 64.6 Å². The minimum Gasteiger partial charge on any atom is -0.495 e. The molecule has 2 bridgehead atoms. The minimum absolute atomic E-state index is 0.293. The molecule has 2 aliphatic carbocycles. The summed E-state index contributed by atoms with van der Waals surface area (Å²) in [4.78, 5) is 24.5. The number of nitrogens with one attached hydrogen (secondary N) is 1. The zero-order valence-electron chi connectivity index (χ0n) is 14.6. The van der Waals surface area contributed by atoms with Crippen LogP contribution in [-0.4, -0.2) is 25.1 Å². The fourth-order valence-electron chi connectivity index (χ4n) is 4.15. The van der Waals surface area contributed by atoms with Gasteiger partial charge in [-0.25, -0.2) is 0 Å². The number of halogens is 1. The van der Waals surface area contributed by atoms with Crippen molar-refractivity contribution in [3.05, 3.63) is 23.2 Å². The first-order chi connectivity index (χ1) is 12.0. The lowest BCUT2D eigenvalue weighted by Gasteiger charge is -2.21. The van der Waals surface area contributed by atoms with Crippen LogP contribution in [0, 0.1) is 17.8 Å². The Labute approximate surface area is 153 Å². The summed E-state index contributed by atoms with van der Waals surface area (Å²) in [6.45, 7) is 1.57. The fourth-order valence-corrected chi connectivity index (χ4v) is 4.32. The van der Waals surface area contributed by atoms with Gasteiger partial charge in [-0.15, -0.1) is 0 Å². The van der Waals surface area contributed by atoms with Crippen LogP contribution in [0.4, 0.5) is 5.69 Å². The molecule has 5 nitrogen and oxygen atoms in total. The van der Waals surface area contributed by atoms with Crippen molar-refractivity contribution in [3.8, 4) is 5.75 Å². The third-order valence-electron chi connectivity index (χ3n) is 5.41. The number of rotatable bonds is 6. The van der Waals surface area contributed by atoms with Gasteiger partial charge in [0.2, 0.25) is 0 Å². The summed E-state index contributed by atoms with van der Waals surface area (Å²) in [6, 6.07) is 4.95. The van der Waals surface area contributed by atoms with E-state index in [1.54, 1.807) is 25.1 Å². The number of hydrogen-bond acceptors (Lipinski definition) is 4. The van der Waals surface area contributed by atoms with Crippen molar-refractivity contribution in [2.75, 3.05) is 12.4 Å². The second-order valence-corrected chi connectivity index (χ2v) is 7.54. The minimum atomic E-state index is -0.866. The van der Waals surface area contributed by atoms with Crippen LogP contribution in [0.2, 0.25) is 5.02 Å². The molecule has 136 valence electrons. The summed E-state index contributed by atoms with van der Waals surface area (Å²) in [7, 11) is 1.51. The molecule has 0 aromatic heterocycles. The highest BCUT2D eigenvalue weighted by Crippen LogP contribution is 2.49. The molecule has 1 amide bonds. The molecule has 0 heterocycles. The third kappa shape index (κ3) is 4.27. The van der Waals surface area contributed by atoms with Crippen LogP contribution in [0.3, 0.4) is 0 Å². The maximum absolute atomic E-state index is 12.3. The Hall–Kier alpha value is -1.75. The van der Waals surface area contributed by atoms with E-state index in [-0.39, 0.29) is 5.97 Å². The van der Waals surface area contributed by atoms with E-state index in [0.29, 0.717) is 34.7 Å². The first-order valence-electron chi connectivity index (χ1n) is 8.80. The Morgan fingerprint density at radius 3 is 2.76 bits per heavy atom. The normalized spacial score (nSPS) is 25.5. The van der Waals surface area contributed by atoms with Gasteiger partial charge < -0.3 is 14.8 Å². The van der Waals surface area contributed by atoms with E-state index in [4.69, 9.17) is 21.1 Å². The molecule has 3 rings (SSSR count). The molecule has 2 fully saturated rings. The molecule has 0 radical (unpaired) electrons. The van der Waals surface area contributed by atoms with Crippen LogP contribution in [0.25, 0.3) is 0 Å². The van der Waals surface area contributed by atoms with Gasteiger partial charge in [-0.05, 0) is 62.1 Å². The molecule has 2 saturated carbocycles. The monoisotopic (exact) mass is 365 g/mol. The third-order valence-corrected chi connectivity index (χ3v) is 5.65. The van der Waals surface area contributed by atoms with Gasteiger partial charge in [0.05, 0.1) is 12.8 Å². The number of benzene rings is 1. The summed E-state index contributed by atoms with van der Waals surface area (Å²) >= 11 is 5.95. The molecular formula is C19H24ClNO4. The summed E-state index contributed by atoms with van der Waals surface area (Å²) in [5.74, 6) is 1.68. The second-order valence-electron chi connectivity index (χ2n) is 7.11. The number of carbonyl (C=O) groups excluding carboxylic acids is 2. The Bertz CT molecular complexity index is 663. The average molecular weight is 366 g/mol. The molecule has 25 heavy (non-hydrogen) atoms. The van der Waals surface area contributed by atoms with E-state index in [0.717, 1.165) is 12.3 Å². The van der Waals surface area contributed by atoms with Crippen molar-refractivity contribution in [2.24, 2.45) is 17.8 Å². The lowest BCUT2D eigenvalue weighted by atomic mass is 9.86. The summed E-state index contributed by atoms with van der Waals surface area (Å²) in [5, 5.41) is 3.19. The zero-order chi connectivity index (χ0) is 18.0. The van der Waals surface area contributed by atoms with Gasteiger partial charge >= 0.3 is 5.97 Å². The Morgan fingerprint density at radius 1 is 1.32 bits per heavy atom. The quantitative estimate of drug-likeness (QED) is 0.772. The molecule has 0 saturated heterocycles. The Morgan fingerprint density at radius 2 is 2.12 bits per heavy atom. The molecule has 2 aliphatic rings. The summed E-state index contributed by atoms with van der Waals surface area (Å²) in [5.41, 5.74) is 0.455. The lowest BCUT2D eigenvalue weighted by molar-refractivity contribution is -0.154. The van der Waals surface area contributed by atoms with Crippen molar-refractivity contribution in [3.63, 3.8) is 0 Å². The van der Waals surface area contributed by atoms with Gasteiger partial charge in [0.25, 0.3) is 5.91 Å². The van der Waals surface area contributed by atoms with Crippen molar-refractivity contribution in [2.45, 2.75) is 45.1 Å². The van der Waals surface area contributed by atoms with Crippen molar-refractivity contribution < 1.29 is 19.1 Å². The standard InChI is InChI=1S/C19H24ClNO4/c1-11(19(23)21-16-10-15(20)5-6-17(16)24-2)25-18(22)9-14-8-12-3-4-13(14)7-12/h5-6,10-14H,3-4,7-9H2,1-2H3,(H,21,23)/t11-,12-,13-,14+/m0/s1. The average Bonchev–Trinajstić information content (AvgIpc) is 3.17. The van der Waals surface area contributed by atoms with E-state index in [2.05, 4.69) is 5.32 Å². The molecule has 0 unspecified atom stereocenters. The summed E-state index contributed by atoms with van der Waals surface area (Å²) in [6.07, 6.45) is 4.46. The van der Waals surface area contributed by atoms with Gasteiger partial charge in [-0.2, -0.15) is 0 Å². The number of hydrogen-bond donors (Lipinski definition) is 1. The number of amides is 1.